The number of ether oxygens (including phenoxy) is 1. The van der Waals surface area contributed by atoms with Crippen LogP contribution < -0.4 is 4.74 Å². The van der Waals surface area contributed by atoms with E-state index in [1.807, 2.05) is 0 Å². The zero-order chi connectivity index (χ0) is 17.4. The number of ketones is 1. The predicted molar refractivity (Wildman–Crippen MR) is 78.2 cm³/mol. The number of hydrogen-bond acceptors (Lipinski definition) is 5. The summed E-state index contributed by atoms with van der Waals surface area (Å²) in [4.78, 5) is 35.4. The molecule has 7 nitrogen and oxygen atoms in total. The Kier molecular flexibility index (Phi) is 4.42. The van der Waals surface area contributed by atoms with E-state index in [4.69, 9.17) is 4.74 Å². The van der Waals surface area contributed by atoms with Gasteiger partial charge in [0.25, 0.3) is 0 Å². The number of hydrogen-bond donors (Lipinski definition) is 3. The monoisotopic (exact) mass is 322 g/mol. The maximum Gasteiger partial charge on any atom is 0.314 e. The fraction of sp³-hybridized carbons (Fsp3) is 0.438. The summed E-state index contributed by atoms with van der Waals surface area (Å²) in [5.74, 6) is -6.97. The molecule has 2 rings (SSSR count). The third-order valence-corrected chi connectivity index (χ3v) is 4.30. The average molecular weight is 322 g/mol. The van der Waals surface area contributed by atoms with Crippen LogP contribution in [0.1, 0.15) is 24.8 Å². The van der Waals surface area contributed by atoms with Crippen molar-refractivity contribution in [2.24, 2.45) is 11.8 Å². The van der Waals surface area contributed by atoms with Crippen molar-refractivity contribution in [3.63, 3.8) is 0 Å². The minimum absolute atomic E-state index is 0.360. The Morgan fingerprint density at radius 3 is 2.17 bits per heavy atom. The summed E-state index contributed by atoms with van der Waals surface area (Å²) in [7, 11) is 1.46. The lowest BCUT2D eigenvalue weighted by molar-refractivity contribution is -0.167. The van der Waals surface area contributed by atoms with E-state index in [1.165, 1.54) is 26.2 Å². The Morgan fingerprint density at radius 1 is 1.17 bits per heavy atom. The first kappa shape index (κ1) is 17.0. The van der Waals surface area contributed by atoms with Crippen molar-refractivity contribution in [1.82, 2.24) is 0 Å². The third kappa shape index (κ3) is 3.05. The van der Waals surface area contributed by atoms with E-state index in [1.54, 1.807) is 12.1 Å². The summed E-state index contributed by atoms with van der Waals surface area (Å²) in [6.45, 7) is 1.25. The second-order valence-corrected chi connectivity index (χ2v) is 5.93. The predicted octanol–water partition coefficient (Wildman–Crippen LogP) is 0.904. The first-order valence-electron chi connectivity index (χ1n) is 7.03. The minimum atomic E-state index is -1.82. The lowest BCUT2D eigenvalue weighted by Gasteiger charge is -2.42. The molecule has 1 aromatic carbocycles. The van der Waals surface area contributed by atoms with Crippen LogP contribution in [0.15, 0.2) is 24.3 Å². The van der Waals surface area contributed by atoms with E-state index in [0.717, 1.165) is 0 Å². The number of aliphatic carboxylic acids is 2. The van der Waals surface area contributed by atoms with Gasteiger partial charge in [0, 0.05) is 12.3 Å². The number of carboxylic acid groups (broad SMARTS) is 2. The quantitative estimate of drug-likeness (QED) is 0.704. The van der Waals surface area contributed by atoms with E-state index < -0.39 is 47.5 Å². The van der Waals surface area contributed by atoms with Gasteiger partial charge < -0.3 is 20.1 Å². The smallest absolute Gasteiger partial charge is 0.314 e. The topological polar surface area (TPSA) is 121 Å². The highest BCUT2D eigenvalue weighted by molar-refractivity contribution is 6.02. The van der Waals surface area contributed by atoms with Crippen LogP contribution in [0, 0.1) is 11.8 Å². The van der Waals surface area contributed by atoms with E-state index in [9.17, 15) is 29.7 Å². The molecule has 4 atom stereocenters. The summed E-state index contributed by atoms with van der Waals surface area (Å²) >= 11 is 0. The van der Waals surface area contributed by atoms with Gasteiger partial charge in [-0.25, -0.2) is 0 Å². The Hall–Kier alpha value is -2.41. The lowest BCUT2D eigenvalue weighted by Crippen LogP contribution is -2.54. The van der Waals surface area contributed by atoms with Gasteiger partial charge >= 0.3 is 11.9 Å². The van der Waals surface area contributed by atoms with Gasteiger partial charge in [0.15, 0.2) is 5.78 Å². The van der Waals surface area contributed by atoms with Crippen LogP contribution >= 0.6 is 0 Å². The zero-order valence-electron chi connectivity index (χ0n) is 12.7. The molecule has 1 fully saturated rings. The van der Waals surface area contributed by atoms with Crippen LogP contribution in [0.4, 0.5) is 0 Å². The molecule has 0 bridgehead atoms. The maximum absolute atomic E-state index is 12.2. The van der Waals surface area contributed by atoms with Gasteiger partial charge in [-0.2, -0.15) is 0 Å². The van der Waals surface area contributed by atoms with E-state index >= 15 is 0 Å². The van der Waals surface area contributed by atoms with Crippen LogP contribution in [-0.4, -0.2) is 45.8 Å². The molecule has 124 valence electrons. The molecule has 0 amide bonds. The fourth-order valence-electron chi connectivity index (χ4n) is 3.27. The summed E-state index contributed by atoms with van der Waals surface area (Å²) < 4.78 is 5.02. The summed E-state index contributed by atoms with van der Waals surface area (Å²) in [6.07, 6.45) is -0.506. The highest BCUT2D eigenvalue weighted by Crippen LogP contribution is 2.46. The van der Waals surface area contributed by atoms with Crippen molar-refractivity contribution in [2.45, 2.75) is 24.9 Å². The summed E-state index contributed by atoms with van der Waals surface area (Å²) in [5, 5.41) is 29.3. The fourth-order valence-corrected chi connectivity index (χ4v) is 3.27. The first-order chi connectivity index (χ1) is 10.7. The summed E-state index contributed by atoms with van der Waals surface area (Å²) in [5.41, 5.74) is -1.46. The number of Topliss-reactive ketones (excluding diaryl/α,β-unsaturated/α-hetero) is 1. The second-order valence-electron chi connectivity index (χ2n) is 5.93. The molecule has 0 aromatic heterocycles. The number of carboxylic acids is 2. The molecule has 0 aliphatic heterocycles. The Morgan fingerprint density at radius 2 is 1.74 bits per heavy atom. The first-order valence-corrected chi connectivity index (χ1v) is 7.03. The number of aliphatic hydroxyl groups is 1. The Bertz CT molecular complexity index is 632. The number of carbonyl (C=O) groups excluding carboxylic acids is 1. The third-order valence-electron chi connectivity index (χ3n) is 4.30. The van der Waals surface area contributed by atoms with Gasteiger partial charge in [-0.15, -0.1) is 0 Å². The molecule has 1 aliphatic carbocycles. The molecule has 1 saturated carbocycles. The van der Waals surface area contributed by atoms with Crippen molar-refractivity contribution in [3.8, 4) is 5.75 Å². The number of methoxy groups -OCH3 is 1. The molecule has 23 heavy (non-hydrogen) atoms. The van der Waals surface area contributed by atoms with E-state index in [-0.39, 0.29) is 0 Å². The van der Waals surface area contributed by atoms with E-state index in [0.29, 0.717) is 11.3 Å². The van der Waals surface area contributed by atoms with Gasteiger partial charge in [-0.05, 0) is 24.6 Å². The van der Waals surface area contributed by atoms with Gasteiger partial charge in [-0.1, -0.05) is 12.1 Å². The molecule has 0 spiro atoms. The standard InChI is InChI=1S/C16H18O7/c1-16(22)7-10(17)12(14(18)19)11(13(16)15(20)21)8-3-5-9(23-2)6-4-8/h3-6,11-13,22H,7H2,1-2H3,(H,18,19)(H,20,21). The summed E-state index contributed by atoms with van der Waals surface area (Å²) in [6, 6.07) is 6.15. The van der Waals surface area contributed by atoms with Crippen molar-refractivity contribution in [2.75, 3.05) is 7.11 Å². The van der Waals surface area contributed by atoms with Crippen LogP contribution in [0.5, 0.6) is 5.75 Å². The molecule has 0 heterocycles. The maximum atomic E-state index is 12.2. The average Bonchev–Trinajstić information content (AvgIpc) is 2.44. The van der Waals surface area contributed by atoms with Crippen molar-refractivity contribution < 1.29 is 34.4 Å². The molecular weight excluding hydrogens is 304 g/mol. The molecular formula is C16H18O7. The SMILES string of the molecule is COc1ccc(C2C(C(=O)O)C(=O)CC(C)(O)C2C(=O)O)cc1. The van der Waals surface area contributed by atoms with Crippen molar-refractivity contribution in [1.29, 1.82) is 0 Å². The van der Waals surface area contributed by atoms with Gasteiger partial charge in [0.2, 0.25) is 0 Å². The molecule has 1 aliphatic rings. The van der Waals surface area contributed by atoms with Crippen LogP contribution in [0.25, 0.3) is 0 Å². The Labute approximate surface area is 132 Å². The highest BCUT2D eigenvalue weighted by Gasteiger charge is 2.56. The molecule has 1 aromatic rings. The van der Waals surface area contributed by atoms with E-state index in [2.05, 4.69) is 0 Å². The van der Waals surface area contributed by atoms with Crippen molar-refractivity contribution in [3.05, 3.63) is 29.8 Å². The van der Waals surface area contributed by atoms with Crippen molar-refractivity contribution >= 4 is 17.7 Å². The highest BCUT2D eigenvalue weighted by atomic mass is 16.5. The molecule has 3 N–H and O–H groups in total. The van der Waals surface area contributed by atoms with Crippen LogP contribution in [0.2, 0.25) is 0 Å². The number of rotatable bonds is 4. The molecule has 0 saturated heterocycles. The van der Waals surface area contributed by atoms with Gasteiger partial charge in [0.1, 0.15) is 11.7 Å². The minimum Gasteiger partial charge on any atom is -0.497 e. The van der Waals surface area contributed by atoms with Gasteiger partial charge in [-0.3, -0.25) is 14.4 Å². The largest absolute Gasteiger partial charge is 0.497 e. The van der Waals surface area contributed by atoms with Crippen LogP contribution in [0.3, 0.4) is 0 Å². The number of benzene rings is 1. The molecule has 7 heteroatoms. The van der Waals surface area contributed by atoms with Crippen LogP contribution in [-0.2, 0) is 14.4 Å². The number of carbonyl (C=O) groups is 3. The zero-order valence-corrected chi connectivity index (χ0v) is 12.7. The second kappa shape index (κ2) is 6.00. The van der Waals surface area contributed by atoms with Gasteiger partial charge in [0.05, 0.1) is 18.6 Å². The molecule has 0 radical (unpaired) electrons. The Balaban J connectivity index is 2.58. The molecule has 4 unspecified atom stereocenters. The lowest BCUT2D eigenvalue weighted by atomic mass is 9.62. The normalized spacial score (nSPS) is 30.7.